The van der Waals surface area contributed by atoms with Crippen LogP contribution in [0.2, 0.25) is 12.1 Å². The van der Waals surface area contributed by atoms with Gasteiger partial charge in [0.15, 0.2) is 0 Å². The largest absolute Gasteiger partial charge is 3.00 e. The zero-order chi connectivity index (χ0) is 35.0. The van der Waals surface area contributed by atoms with Crippen LogP contribution in [0.25, 0.3) is 0 Å². The zero-order valence-corrected chi connectivity index (χ0v) is 34.9. The summed E-state index contributed by atoms with van der Waals surface area (Å²) in [6.45, 7) is 28.5. The number of hydrogen-bond donors (Lipinski definition) is 0. The fourth-order valence-electron chi connectivity index (χ4n) is 6.65. The molecule has 0 N–H and O–H groups in total. The van der Waals surface area contributed by atoms with Crippen molar-refractivity contribution < 1.29 is 30.6 Å². The average molecular weight is 683 g/mol. The Morgan fingerprint density at radius 3 is 1.49 bits per heavy atom. The molecule has 0 saturated carbocycles. The van der Waals surface area contributed by atoms with Crippen LogP contribution in [0.15, 0.2) is 66.7 Å². The number of para-hydroxylation sites is 2. The minimum atomic E-state index is -1.90. The summed E-state index contributed by atoms with van der Waals surface area (Å²) in [5.74, 6) is 1.14. The summed E-state index contributed by atoms with van der Waals surface area (Å²) in [5, 5.41) is 3.13. The molecule has 3 nitrogen and oxygen atoms in total. The van der Waals surface area contributed by atoms with Gasteiger partial charge in [-0.1, -0.05) is 121 Å². The molecule has 0 atom stereocenters. The zero-order valence-electron chi connectivity index (χ0n) is 32.1. The first-order valence-corrected chi connectivity index (χ1v) is 19.0. The van der Waals surface area contributed by atoms with E-state index in [1.165, 1.54) is 56.5 Å². The van der Waals surface area contributed by atoms with E-state index in [9.17, 15) is 0 Å². The molecule has 252 valence electrons. The van der Waals surface area contributed by atoms with Gasteiger partial charge in [0.1, 0.15) is 5.75 Å². The summed E-state index contributed by atoms with van der Waals surface area (Å²) in [7, 11) is 8.03. The summed E-state index contributed by atoms with van der Waals surface area (Å²) in [4.78, 5) is 4.12. The van der Waals surface area contributed by atoms with Crippen LogP contribution in [-0.4, -0.2) is 43.4 Å². The molecule has 0 fully saturated rings. The van der Waals surface area contributed by atoms with Crippen LogP contribution >= 0.6 is 0 Å². The van der Waals surface area contributed by atoms with Gasteiger partial charge < -0.3 is 14.5 Å². The van der Waals surface area contributed by atoms with Crippen LogP contribution in [-0.2, 0) is 31.3 Å². The number of nitrogens with zero attached hydrogens (tertiary/aromatic N) is 2. The van der Waals surface area contributed by atoms with Crippen molar-refractivity contribution in [3.05, 3.63) is 120 Å². The first-order chi connectivity index (χ1) is 21.5. The second-order valence-electron chi connectivity index (χ2n) is 14.0. The third kappa shape index (κ3) is 10.1. The fraction of sp³-hybridized carbons (Fsp3) is 0.405. The standard InChI is InChI=1S/C24H37OSi.2C9H12N.Sc/c1-11-26(12-2,23-18(5)15-17(4)19(23)6)21-14-16(3)13-20(22(21)25-10)24(7,8)9;2*1-8-6-4-5-7-9(8)10(2)3;/h13-15H,11-12H2,1-10H3;2*4-7H,1H2,2-3H3;/q3*-1;+3. The van der Waals surface area contributed by atoms with Crippen LogP contribution in [0.5, 0.6) is 5.75 Å². The van der Waals surface area contributed by atoms with Crippen molar-refractivity contribution in [3.63, 3.8) is 0 Å². The normalized spacial score (nSPS) is 10.9. The van der Waals surface area contributed by atoms with Gasteiger partial charge in [-0.3, -0.25) is 0 Å². The summed E-state index contributed by atoms with van der Waals surface area (Å²) >= 11 is 0. The minimum absolute atomic E-state index is 0. The molecule has 47 heavy (non-hydrogen) atoms. The van der Waals surface area contributed by atoms with Crippen LogP contribution in [0.4, 0.5) is 11.4 Å². The molecule has 0 aromatic heterocycles. The molecule has 4 aromatic carbocycles. The topological polar surface area (TPSA) is 15.7 Å². The van der Waals surface area contributed by atoms with Gasteiger partial charge in [-0.05, 0) is 51.3 Å². The number of methoxy groups -OCH3 is 1. The molecule has 0 aliphatic rings. The van der Waals surface area contributed by atoms with E-state index in [-0.39, 0.29) is 31.3 Å². The number of hydrogen-bond acceptors (Lipinski definition) is 3. The number of anilines is 2. The van der Waals surface area contributed by atoms with Crippen molar-refractivity contribution in [3.8, 4) is 5.75 Å². The Kier molecular flexibility index (Phi) is 16.3. The maximum atomic E-state index is 6.11. The van der Waals surface area contributed by atoms with Crippen LogP contribution in [0, 0.1) is 41.5 Å². The molecule has 0 heterocycles. The molecule has 0 spiro atoms. The molecular formula is C42H61N2OScSi. The van der Waals surface area contributed by atoms with E-state index in [0.717, 1.165) is 16.9 Å². The van der Waals surface area contributed by atoms with Gasteiger partial charge in [-0.25, -0.2) is 6.07 Å². The van der Waals surface area contributed by atoms with E-state index in [2.05, 4.69) is 116 Å². The second kappa shape index (κ2) is 18.1. The molecule has 0 unspecified atom stereocenters. The Labute approximate surface area is 308 Å². The van der Waals surface area contributed by atoms with Gasteiger partial charge in [-0.15, -0.1) is 17.3 Å². The predicted molar refractivity (Wildman–Crippen MR) is 209 cm³/mol. The Balaban J connectivity index is 0.000000429. The summed E-state index contributed by atoms with van der Waals surface area (Å²) in [6, 6.07) is 25.7. The molecule has 0 aliphatic carbocycles. The molecule has 0 aliphatic heterocycles. The van der Waals surface area contributed by atoms with Gasteiger partial charge in [0, 0.05) is 0 Å². The minimum Gasteiger partial charge on any atom is -0.497 e. The van der Waals surface area contributed by atoms with Gasteiger partial charge >= 0.3 is 25.8 Å². The maximum absolute atomic E-state index is 6.11. The Hall–Kier alpha value is -2.76. The quantitative estimate of drug-likeness (QED) is 0.143. The first kappa shape index (κ1) is 42.3. The molecule has 5 heteroatoms. The number of rotatable bonds is 7. The van der Waals surface area contributed by atoms with Gasteiger partial charge in [0.25, 0.3) is 0 Å². The van der Waals surface area contributed by atoms with Crippen molar-refractivity contribution in [2.45, 2.75) is 79.8 Å². The van der Waals surface area contributed by atoms with Crippen molar-refractivity contribution in [1.82, 2.24) is 0 Å². The summed E-state index contributed by atoms with van der Waals surface area (Å²) in [5.41, 5.74) is 11.7. The van der Waals surface area contributed by atoms with E-state index < -0.39 is 8.07 Å². The molecule has 0 bridgehead atoms. The van der Waals surface area contributed by atoms with E-state index >= 15 is 0 Å². The van der Waals surface area contributed by atoms with Gasteiger partial charge in [0.05, 0.1) is 15.2 Å². The SMILES string of the molecule is CC[Si](CC)(c1cc(C)cc(C(C)(C)C)c1OC)[c-]1c(C)cc(C)c1C.[CH2-]c1ccccc1N(C)C.[CH2-]c1ccccc1N(C)C.[Sc+3]. The number of benzene rings is 3. The van der Waals surface area contributed by atoms with E-state index in [0.29, 0.717) is 0 Å². The monoisotopic (exact) mass is 682 g/mol. The third-order valence-corrected chi connectivity index (χ3v) is 14.7. The number of aryl methyl sites for hydroxylation is 3. The van der Waals surface area contributed by atoms with E-state index in [4.69, 9.17) is 4.74 Å². The van der Waals surface area contributed by atoms with E-state index in [1.807, 2.05) is 71.7 Å². The van der Waals surface area contributed by atoms with Crippen LogP contribution in [0.1, 0.15) is 73.6 Å². The van der Waals surface area contributed by atoms with Gasteiger partial charge in [-0.2, -0.15) is 53.8 Å². The maximum Gasteiger partial charge on any atom is 3.00 e. The summed E-state index contributed by atoms with van der Waals surface area (Å²) in [6.07, 6.45) is 0. The van der Waals surface area contributed by atoms with Crippen molar-refractivity contribution >= 4 is 29.8 Å². The molecule has 0 amide bonds. The second-order valence-corrected chi connectivity index (χ2v) is 18.6. The molecular weight excluding hydrogens is 622 g/mol. The molecule has 0 radical (unpaired) electrons. The molecule has 0 saturated heterocycles. The molecule has 4 rings (SSSR count). The third-order valence-electron chi connectivity index (χ3n) is 9.19. The van der Waals surface area contributed by atoms with Gasteiger partial charge in [0.2, 0.25) is 0 Å². The van der Waals surface area contributed by atoms with Crippen molar-refractivity contribution in [2.24, 2.45) is 0 Å². The average Bonchev–Trinajstić information content (AvgIpc) is 3.25. The Morgan fingerprint density at radius 1 is 0.745 bits per heavy atom. The Bertz CT molecular complexity index is 1510. The fourth-order valence-corrected chi connectivity index (χ4v) is 11.8. The number of ether oxygens (including phenoxy) is 1. The van der Waals surface area contributed by atoms with Crippen LogP contribution in [0.3, 0.4) is 0 Å². The smallest absolute Gasteiger partial charge is 0.497 e. The summed E-state index contributed by atoms with van der Waals surface area (Å²) < 4.78 is 6.11. The van der Waals surface area contributed by atoms with Crippen molar-refractivity contribution in [2.75, 3.05) is 45.1 Å². The van der Waals surface area contributed by atoms with Crippen molar-refractivity contribution in [1.29, 1.82) is 0 Å². The Morgan fingerprint density at radius 2 is 1.19 bits per heavy atom. The molecule has 4 aromatic rings. The van der Waals surface area contributed by atoms with E-state index in [1.54, 1.807) is 5.19 Å². The predicted octanol–water partition coefficient (Wildman–Crippen LogP) is 9.42. The van der Waals surface area contributed by atoms with Crippen LogP contribution < -0.4 is 24.9 Å². The first-order valence-electron chi connectivity index (χ1n) is 16.6.